The van der Waals surface area contributed by atoms with Gasteiger partial charge in [-0.1, -0.05) is 32.9 Å². The Morgan fingerprint density at radius 3 is 2.67 bits per heavy atom. The number of rotatable bonds is 8. The van der Waals surface area contributed by atoms with Gasteiger partial charge in [0.2, 0.25) is 0 Å². The number of hydrogen-bond acceptors (Lipinski definition) is 6. The van der Waals surface area contributed by atoms with Crippen molar-refractivity contribution in [3.63, 3.8) is 0 Å². The van der Waals surface area contributed by atoms with Crippen molar-refractivity contribution in [3.05, 3.63) is 52.8 Å². The molecule has 8 nitrogen and oxygen atoms in total. The van der Waals surface area contributed by atoms with Gasteiger partial charge in [-0.15, -0.1) is 0 Å². The molecule has 2 amide bonds. The number of piperidine rings is 1. The molecule has 0 saturated carbocycles. The van der Waals surface area contributed by atoms with Gasteiger partial charge in [-0.3, -0.25) is 14.7 Å². The molecule has 8 heteroatoms. The molecule has 0 radical (unpaired) electrons. The molecule has 0 bridgehead atoms. The number of amides is 2. The zero-order chi connectivity index (χ0) is 29.4. The SMILES string of the molecule is CC(C)(C)[C@H]1CCc2nc3c(cc2C1)N=C(C(=O)C[C@H](CCN1CCC(O)CC1)c1cccc(N2CCNC2=O)c1)C3. The lowest BCUT2D eigenvalue weighted by molar-refractivity contribution is -0.113. The van der Waals surface area contributed by atoms with E-state index in [1.165, 1.54) is 11.3 Å². The van der Waals surface area contributed by atoms with Crippen molar-refractivity contribution in [2.75, 3.05) is 37.6 Å². The van der Waals surface area contributed by atoms with E-state index in [1.54, 1.807) is 4.90 Å². The van der Waals surface area contributed by atoms with Crippen molar-refractivity contribution >= 4 is 28.9 Å². The number of aryl methyl sites for hydroxylation is 1. The first-order valence-corrected chi connectivity index (χ1v) is 15.8. The highest BCUT2D eigenvalue weighted by Gasteiger charge is 2.32. The Morgan fingerprint density at radius 1 is 1.12 bits per heavy atom. The zero-order valence-corrected chi connectivity index (χ0v) is 25.4. The van der Waals surface area contributed by atoms with Crippen LogP contribution in [0.4, 0.5) is 16.2 Å². The Kier molecular flexibility index (Phi) is 8.20. The van der Waals surface area contributed by atoms with Crippen molar-refractivity contribution in [2.24, 2.45) is 16.3 Å². The standard InChI is InChI=1S/C34H45N5O3/c1-34(2,3)25-7-8-28-24(17-25)19-29-30(36-28)21-31(37-29)32(41)20-23(9-13-38-14-10-27(40)11-15-38)22-5-4-6-26(18-22)39-16-12-35-33(39)42/h4-6,18-19,23,25,27,40H,7-17,20-21H2,1-3H3,(H,35,42)/t23-,25-/m0/s1. The third-order valence-corrected chi connectivity index (χ3v) is 9.87. The van der Waals surface area contributed by atoms with E-state index in [1.807, 2.05) is 12.1 Å². The molecule has 6 rings (SSSR count). The third kappa shape index (κ3) is 6.30. The van der Waals surface area contributed by atoms with Gasteiger partial charge < -0.3 is 15.3 Å². The third-order valence-electron chi connectivity index (χ3n) is 9.87. The number of urea groups is 1. The molecular formula is C34H45N5O3. The van der Waals surface area contributed by atoms with E-state index >= 15 is 0 Å². The van der Waals surface area contributed by atoms with Crippen LogP contribution in [0.2, 0.25) is 0 Å². The predicted molar refractivity (Wildman–Crippen MR) is 166 cm³/mol. The average Bonchev–Trinajstić information content (AvgIpc) is 3.59. The van der Waals surface area contributed by atoms with Crippen LogP contribution in [0.3, 0.4) is 0 Å². The lowest BCUT2D eigenvalue weighted by Crippen LogP contribution is -2.37. The summed E-state index contributed by atoms with van der Waals surface area (Å²) in [6.45, 7) is 10.9. The molecule has 1 aromatic heterocycles. The average molecular weight is 572 g/mol. The van der Waals surface area contributed by atoms with Crippen molar-refractivity contribution in [3.8, 4) is 0 Å². The first kappa shape index (κ1) is 29.0. The second-order valence-corrected chi connectivity index (χ2v) is 13.8. The summed E-state index contributed by atoms with van der Waals surface area (Å²) in [5.74, 6) is 0.722. The summed E-state index contributed by atoms with van der Waals surface area (Å²) in [4.78, 5) is 40.2. The summed E-state index contributed by atoms with van der Waals surface area (Å²) in [5.41, 5.74) is 7.13. The van der Waals surface area contributed by atoms with Crippen LogP contribution in [-0.2, 0) is 24.1 Å². The largest absolute Gasteiger partial charge is 0.393 e. The van der Waals surface area contributed by atoms with Crippen LogP contribution in [0.25, 0.3) is 0 Å². The molecule has 1 aromatic carbocycles. The summed E-state index contributed by atoms with van der Waals surface area (Å²) in [6.07, 6.45) is 6.29. The number of hydrogen-bond donors (Lipinski definition) is 2. The Hall–Kier alpha value is -3.10. The normalized spacial score (nSPS) is 22.0. The second kappa shape index (κ2) is 11.9. The molecule has 2 aromatic rings. The lowest BCUT2D eigenvalue weighted by Gasteiger charge is -2.34. The number of aliphatic imine (C=N–C) groups is 1. The number of anilines is 1. The van der Waals surface area contributed by atoms with Crippen LogP contribution < -0.4 is 10.2 Å². The number of likely N-dealkylation sites (tertiary alicyclic amines) is 1. The smallest absolute Gasteiger partial charge is 0.321 e. The maximum Gasteiger partial charge on any atom is 0.321 e. The first-order valence-electron chi connectivity index (χ1n) is 15.8. The van der Waals surface area contributed by atoms with Crippen molar-refractivity contribution in [2.45, 2.75) is 84.2 Å². The number of aliphatic hydroxyl groups is 1. The summed E-state index contributed by atoms with van der Waals surface area (Å²) in [6, 6.07) is 10.2. The molecule has 0 spiro atoms. The Labute approximate surface area is 249 Å². The number of Topliss-reactive ketones (excluding diaryl/α,β-unsaturated/α-hetero) is 1. The summed E-state index contributed by atoms with van der Waals surface area (Å²) >= 11 is 0. The van der Waals surface area contributed by atoms with Crippen LogP contribution >= 0.6 is 0 Å². The van der Waals surface area contributed by atoms with E-state index in [0.29, 0.717) is 37.6 Å². The highest BCUT2D eigenvalue weighted by molar-refractivity contribution is 6.41. The van der Waals surface area contributed by atoms with E-state index in [-0.39, 0.29) is 29.3 Å². The number of fused-ring (bicyclic) bond motifs is 2. The predicted octanol–water partition coefficient (Wildman–Crippen LogP) is 4.98. The van der Waals surface area contributed by atoms with Crippen molar-refractivity contribution in [1.29, 1.82) is 0 Å². The molecule has 1 aliphatic carbocycles. The van der Waals surface area contributed by atoms with Gasteiger partial charge in [0.15, 0.2) is 5.78 Å². The minimum Gasteiger partial charge on any atom is -0.393 e. The van der Waals surface area contributed by atoms with E-state index in [9.17, 15) is 14.7 Å². The zero-order valence-electron chi connectivity index (χ0n) is 25.4. The minimum atomic E-state index is -0.206. The van der Waals surface area contributed by atoms with Crippen LogP contribution in [0.15, 0.2) is 35.3 Å². The Balaban J connectivity index is 1.19. The fourth-order valence-electron chi connectivity index (χ4n) is 7.04. The van der Waals surface area contributed by atoms with Gasteiger partial charge in [0.1, 0.15) is 0 Å². The Bertz CT molecular complexity index is 1370. The molecule has 4 aliphatic rings. The van der Waals surface area contributed by atoms with Crippen LogP contribution in [-0.4, -0.2) is 71.3 Å². The van der Waals surface area contributed by atoms with Crippen LogP contribution in [0, 0.1) is 11.3 Å². The van der Waals surface area contributed by atoms with Gasteiger partial charge in [0, 0.05) is 50.4 Å². The van der Waals surface area contributed by atoms with Gasteiger partial charge >= 0.3 is 6.03 Å². The minimum absolute atomic E-state index is 0.00934. The number of nitrogens with one attached hydrogen (secondary N) is 1. The van der Waals surface area contributed by atoms with Gasteiger partial charge in [-0.25, -0.2) is 9.79 Å². The van der Waals surface area contributed by atoms with Gasteiger partial charge in [0.25, 0.3) is 0 Å². The van der Waals surface area contributed by atoms with Gasteiger partial charge in [-0.05, 0) is 91.6 Å². The molecule has 4 heterocycles. The topological polar surface area (TPSA) is 98.1 Å². The second-order valence-electron chi connectivity index (χ2n) is 13.8. The molecule has 2 saturated heterocycles. The molecule has 3 aliphatic heterocycles. The number of carbonyl (C=O) groups excluding carboxylic acids is 2. The number of carbonyl (C=O) groups is 2. The monoisotopic (exact) mass is 571 g/mol. The highest BCUT2D eigenvalue weighted by Crippen LogP contribution is 2.39. The van der Waals surface area contributed by atoms with Crippen LogP contribution in [0.5, 0.6) is 0 Å². The molecule has 2 fully saturated rings. The Morgan fingerprint density at radius 2 is 1.93 bits per heavy atom. The maximum absolute atomic E-state index is 13.8. The quantitative estimate of drug-likeness (QED) is 0.466. The lowest BCUT2D eigenvalue weighted by atomic mass is 9.71. The molecule has 0 unspecified atom stereocenters. The number of benzene rings is 1. The summed E-state index contributed by atoms with van der Waals surface area (Å²) in [7, 11) is 0. The molecular weight excluding hydrogens is 526 g/mol. The van der Waals surface area contributed by atoms with E-state index in [4.69, 9.17) is 9.98 Å². The fourth-order valence-corrected chi connectivity index (χ4v) is 7.04. The summed E-state index contributed by atoms with van der Waals surface area (Å²) in [5, 5.41) is 12.8. The molecule has 2 atom stereocenters. The number of aromatic nitrogens is 1. The van der Waals surface area contributed by atoms with E-state index in [0.717, 1.165) is 80.8 Å². The molecule has 2 N–H and O–H groups in total. The maximum atomic E-state index is 13.8. The molecule has 42 heavy (non-hydrogen) atoms. The highest BCUT2D eigenvalue weighted by atomic mass is 16.3. The number of aliphatic hydroxyl groups excluding tert-OH is 1. The van der Waals surface area contributed by atoms with Gasteiger partial charge in [0.05, 0.1) is 23.2 Å². The fraction of sp³-hybridized carbons (Fsp3) is 0.588. The van der Waals surface area contributed by atoms with Gasteiger partial charge in [-0.2, -0.15) is 0 Å². The summed E-state index contributed by atoms with van der Waals surface area (Å²) < 4.78 is 0. The number of ketones is 1. The van der Waals surface area contributed by atoms with E-state index in [2.05, 4.69) is 49.2 Å². The number of pyridine rings is 1. The van der Waals surface area contributed by atoms with Crippen molar-refractivity contribution < 1.29 is 14.7 Å². The number of nitrogens with zero attached hydrogens (tertiary/aromatic N) is 4. The molecule has 224 valence electrons. The first-order chi connectivity index (χ1) is 20.1. The van der Waals surface area contributed by atoms with Crippen LogP contribution in [0.1, 0.15) is 81.3 Å². The van der Waals surface area contributed by atoms with Crippen molar-refractivity contribution in [1.82, 2.24) is 15.2 Å². The van der Waals surface area contributed by atoms with E-state index < -0.39 is 0 Å².